The number of fused-ring (bicyclic) bond motifs is 1. The average molecular weight is 352 g/mol. The van der Waals surface area contributed by atoms with Gasteiger partial charge in [0.05, 0.1) is 13.0 Å². The lowest BCUT2D eigenvalue weighted by molar-refractivity contribution is -0.131. The normalized spacial score (nSPS) is 14.5. The molecule has 0 unspecified atom stereocenters. The molecular weight excluding hydrogens is 328 g/mol. The highest BCUT2D eigenvalue weighted by molar-refractivity contribution is 5.89. The van der Waals surface area contributed by atoms with E-state index in [1.165, 1.54) is 6.42 Å². The number of aromatic nitrogens is 3. The van der Waals surface area contributed by atoms with Crippen molar-refractivity contribution in [3.8, 4) is 0 Å². The van der Waals surface area contributed by atoms with Gasteiger partial charge in [0.1, 0.15) is 0 Å². The van der Waals surface area contributed by atoms with Gasteiger partial charge in [-0.15, -0.1) is 0 Å². The first-order valence-electron chi connectivity index (χ1n) is 9.29. The van der Waals surface area contributed by atoms with Crippen LogP contribution in [0.4, 0.5) is 0 Å². The van der Waals surface area contributed by atoms with Crippen LogP contribution in [0.15, 0.2) is 35.0 Å². The number of carbonyl (C=O) groups excluding carboxylic acids is 1. The van der Waals surface area contributed by atoms with Crippen LogP contribution in [-0.4, -0.2) is 32.1 Å². The van der Waals surface area contributed by atoms with Crippen molar-refractivity contribution in [3.63, 3.8) is 0 Å². The number of aryl methyl sites for hydroxylation is 1. The number of para-hydroxylation sites is 1. The summed E-state index contributed by atoms with van der Waals surface area (Å²) in [5, 5.41) is 5.20. The third kappa shape index (κ3) is 3.11. The van der Waals surface area contributed by atoms with Crippen LogP contribution < -0.4 is 0 Å². The average Bonchev–Trinajstić information content (AvgIpc) is 3.17. The molecule has 1 aliphatic carbocycles. The lowest BCUT2D eigenvalue weighted by Gasteiger charge is -2.20. The van der Waals surface area contributed by atoms with E-state index in [9.17, 15) is 4.79 Å². The third-order valence-corrected chi connectivity index (χ3v) is 5.33. The zero-order valence-electron chi connectivity index (χ0n) is 15.3. The molecule has 2 aromatic heterocycles. The van der Waals surface area contributed by atoms with Gasteiger partial charge in [0.2, 0.25) is 11.8 Å². The van der Waals surface area contributed by atoms with Gasteiger partial charge in [-0.2, -0.15) is 4.98 Å². The van der Waals surface area contributed by atoms with Crippen LogP contribution in [0.2, 0.25) is 0 Å². The summed E-state index contributed by atoms with van der Waals surface area (Å²) in [6.45, 7) is 3.00. The Bertz CT molecular complexity index is 923. The van der Waals surface area contributed by atoms with Crippen molar-refractivity contribution in [1.82, 2.24) is 19.6 Å². The van der Waals surface area contributed by atoms with Crippen LogP contribution in [0.5, 0.6) is 0 Å². The van der Waals surface area contributed by atoms with Gasteiger partial charge in [0.25, 0.3) is 0 Å². The number of nitrogens with zero attached hydrogens (tertiary/aromatic N) is 4. The topological polar surface area (TPSA) is 64.2 Å². The van der Waals surface area contributed by atoms with Gasteiger partial charge in [-0.3, -0.25) is 4.79 Å². The van der Waals surface area contributed by atoms with Gasteiger partial charge in [0, 0.05) is 36.6 Å². The Morgan fingerprint density at radius 3 is 2.88 bits per heavy atom. The summed E-state index contributed by atoms with van der Waals surface area (Å²) in [6.07, 6.45) is 5.90. The molecule has 26 heavy (non-hydrogen) atoms. The minimum atomic E-state index is 0.0823. The van der Waals surface area contributed by atoms with Crippen LogP contribution >= 0.6 is 0 Å². The lowest BCUT2D eigenvalue weighted by Crippen LogP contribution is -2.32. The number of rotatable bonds is 6. The highest BCUT2D eigenvalue weighted by atomic mass is 16.5. The summed E-state index contributed by atoms with van der Waals surface area (Å²) in [5.41, 5.74) is 2.19. The molecule has 1 saturated carbocycles. The van der Waals surface area contributed by atoms with Crippen molar-refractivity contribution in [2.75, 3.05) is 6.54 Å². The van der Waals surface area contributed by atoms with Gasteiger partial charge in [-0.1, -0.05) is 29.8 Å². The van der Waals surface area contributed by atoms with E-state index in [1.54, 1.807) is 4.90 Å². The number of carbonyl (C=O) groups is 1. The molecule has 1 amide bonds. The van der Waals surface area contributed by atoms with E-state index in [-0.39, 0.29) is 5.91 Å². The third-order valence-electron chi connectivity index (χ3n) is 5.33. The van der Waals surface area contributed by atoms with E-state index in [2.05, 4.69) is 26.8 Å². The van der Waals surface area contributed by atoms with Gasteiger partial charge >= 0.3 is 0 Å². The largest absolute Gasteiger partial charge is 0.350 e. The minimum Gasteiger partial charge on any atom is -0.350 e. The summed E-state index contributed by atoms with van der Waals surface area (Å²) in [4.78, 5) is 19.1. The van der Waals surface area contributed by atoms with E-state index < -0.39 is 0 Å². The maximum absolute atomic E-state index is 12.8. The van der Waals surface area contributed by atoms with Crippen molar-refractivity contribution in [2.24, 2.45) is 7.05 Å². The predicted octanol–water partition coefficient (Wildman–Crippen LogP) is 3.42. The minimum absolute atomic E-state index is 0.0823. The molecule has 2 heterocycles. The molecule has 0 radical (unpaired) electrons. The number of hydrogen-bond acceptors (Lipinski definition) is 4. The second kappa shape index (κ2) is 6.94. The SMILES string of the molecule is CCN(Cc1noc(C2CCC2)n1)C(=O)Cc1cn(C)c2ccccc12. The number of likely N-dealkylation sites (N-methyl/N-ethyl adjacent to an activating group) is 1. The zero-order chi connectivity index (χ0) is 18.1. The fourth-order valence-corrected chi connectivity index (χ4v) is 3.54. The van der Waals surface area contributed by atoms with Crippen LogP contribution in [0.3, 0.4) is 0 Å². The van der Waals surface area contributed by atoms with Crippen molar-refractivity contribution in [1.29, 1.82) is 0 Å². The summed E-state index contributed by atoms with van der Waals surface area (Å²) < 4.78 is 7.44. The first kappa shape index (κ1) is 16.8. The Kier molecular flexibility index (Phi) is 4.49. The highest BCUT2D eigenvalue weighted by Crippen LogP contribution is 2.35. The summed E-state index contributed by atoms with van der Waals surface area (Å²) in [5.74, 6) is 1.82. The molecule has 0 saturated heterocycles. The van der Waals surface area contributed by atoms with E-state index in [0.29, 0.717) is 31.3 Å². The maximum atomic E-state index is 12.8. The second-order valence-corrected chi connectivity index (χ2v) is 7.04. The Hall–Kier alpha value is -2.63. The van der Waals surface area contributed by atoms with E-state index >= 15 is 0 Å². The first-order valence-corrected chi connectivity index (χ1v) is 9.29. The molecule has 3 aromatic rings. The van der Waals surface area contributed by atoms with Crippen molar-refractivity contribution in [2.45, 2.75) is 45.1 Å². The molecule has 0 spiro atoms. The molecule has 0 atom stereocenters. The molecule has 0 N–H and O–H groups in total. The summed E-state index contributed by atoms with van der Waals surface area (Å²) in [6, 6.07) is 8.16. The van der Waals surface area contributed by atoms with Crippen LogP contribution in [0, 0.1) is 0 Å². The van der Waals surface area contributed by atoms with E-state index in [4.69, 9.17) is 4.52 Å². The molecule has 136 valence electrons. The van der Waals surface area contributed by atoms with Crippen molar-refractivity contribution >= 4 is 16.8 Å². The predicted molar refractivity (Wildman–Crippen MR) is 98.6 cm³/mol. The van der Waals surface area contributed by atoms with Gasteiger partial charge in [-0.25, -0.2) is 0 Å². The number of hydrogen-bond donors (Lipinski definition) is 0. The molecule has 0 aliphatic heterocycles. The van der Waals surface area contributed by atoms with Gasteiger partial charge in [0.15, 0.2) is 5.82 Å². The number of benzene rings is 1. The lowest BCUT2D eigenvalue weighted by atomic mass is 9.85. The molecule has 0 bridgehead atoms. The number of amides is 1. The fourth-order valence-electron chi connectivity index (χ4n) is 3.54. The Labute approximate surface area is 152 Å². The van der Waals surface area contributed by atoms with Crippen LogP contribution in [0.1, 0.15) is 49.4 Å². The quantitative estimate of drug-likeness (QED) is 0.682. The molecule has 6 nitrogen and oxygen atoms in total. The monoisotopic (exact) mass is 352 g/mol. The summed E-state index contributed by atoms with van der Waals surface area (Å²) in [7, 11) is 2.01. The van der Waals surface area contributed by atoms with E-state index in [1.807, 2.05) is 32.3 Å². The first-order chi connectivity index (χ1) is 12.7. The smallest absolute Gasteiger partial charge is 0.229 e. The van der Waals surface area contributed by atoms with Gasteiger partial charge in [-0.05, 0) is 31.4 Å². The van der Waals surface area contributed by atoms with Crippen LogP contribution in [0.25, 0.3) is 10.9 Å². The highest BCUT2D eigenvalue weighted by Gasteiger charge is 2.26. The standard InChI is InChI=1S/C20H24N4O2/c1-3-24(13-18-21-20(26-22-18)14-7-6-8-14)19(25)11-15-12-23(2)17-10-5-4-9-16(15)17/h4-5,9-10,12,14H,3,6-8,11,13H2,1-2H3. The molecule has 1 aromatic carbocycles. The molecule has 4 rings (SSSR count). The van der Waals surface area contributed by atoms with Crippen molar-refractivity contribution < 1.29 is 9.32 Å². The Balaban J connectivity index is 1.47. The van der Waals surface area contributed by atoms with Gasteiger partial charge < -0.3 is 14.0 Å². The van der Waals surface area contributed by atoms with Crippen LogP contribution in [-0.2, 0) is 24.8 Å². The molecule has 1 fully saturated rings. The molecule has 6 heteroatoms. The molecule has 1 aliphatic rings. The second-order valence-electron chi connectivity index (χ2n) is 7.04. The van der Waals surface area contributed by atoms with E-state index in [0.717, 1.165) is 35.2 Å². The maximum Gasteiger partial charge on any atom is 0.229 e. The molecular formula is C20H24N4O2. The summed E-state index contributed by atoms with van der Waals surface area (Å²) >= 11 is 0. The van der Waals surface area contributed by atoms with Crippen molar-refractivity contribution in [3.05, 3.63) is 47.7 Å². The fraction of sp³-hybridized carbons (Fsp3) is 0.450. The Morgan fingerprint density at radius 2 is 2.15 bits per heavy atom. The zero-order valence-corrected chi connectivity index (χ0v) is 15.3. The Morgan fingerprint density at radius 1 is 1.35 bits per heavy atom.